The van der Waals surface area contributed by atoms with E-state index in [1.165, 1.54) is 0 Å². The summed E-state index contributed by atoms with van der Waals surface area (Å²) in [7, 11) is 0. The minimum absolute atomic E-state index is 0.458. The number of hydrogen-bond acceptors (Lipinski definition) is 4. The van der Waals surface area contributed by atoms with Crippen LogP contribution in [-0.2, 0) is 0 Å². The molecule has 4 nitrogen and oxygen atoms in total. The fourth-order valence-electron chi connectivity index (χ4n) is 1.43. The van der Waals surface area contributed by atoms with Gasteiger partial charge in [-0.25, -0.2) is 4.98 Å². The van der Waals surface area contributed by atoms with Gasteiger partial charge in [-0.3, -0.25) is 4.98 Å². The van der Waals surface area contributed by atoms with Gasteiger partial charge in [0.2, 0.25) is 5.88 Å². The number of hydrogen-bond donors (Lipinski definition) is 1. The summed E-state index contributed by atoms with van der Waals surface area (Å²) in [5.74, 6) is 1.13. The number of aliphatic hydroxyl groups is 1. The van der Waals surface area contributed by atoms with Crippen LogP contribution in [0.2, 0.25) is 0 Å². The van der Waals surface area contributed by atoms with Crippen LogP contribution in [0.25, 0.3) is 0 Å². The molecule has 0 fully saturated rings. The van der Waals surface area contributed by atoms with Gasteiger partial charge in [0.05, 0.1) is 11.8 Å². The molecule has 4 heteroatoms. The Bertz CT molecular complexity index is 512. The predicted octanol–water partition coefficient (Wildman–Crippen LogP) is 2.63. The van der Waals surface area contributed by atoms with E-state index in [-0.39, 0.29) is 0 Å². The zero-order valence-corrected chi connectivity index (χ0v) is 9.79. The van der Waals surface area contributed by atoms with Crippen LogP contribution in [0.5, 0.6) is 11.6 Å². The Hall–Kier alpha value is -1.94. The maximum Gasteiger partial charge on any atom is 0.219 e. The van der Waals surface area contributed by atoms with Crippen molar-refractivity contribution in [2.75, 3.05) is 0 Å². The summed E-state index contributed by atoms with van der Waals surface area (Å²) in [4.78, 5) is 8.23. The quantitative estimate of drug-likeness (QED) is 0.880. The van der Waals surface area contributed by atoms with Crippen molar-refractivity contribution >= 4 is 0 Å². The molecule has 0 unspecified atom stereocenters. The Morgan fingerprint density at radius 1 is 1.24 bits per heavy atom. The fourth-order valence-corrected chi connectivity index (χ4v) is 1.43. The Labute approximate surface area is 99.9 Å². The van der Waals surface area contributed by atoms with Gasteiger partial charge in [-0.1, -0.05) is 0 Å². The van der Waals surface area contributed by atoms with Crippen molar-refractivity contribution in [1.82, 2.24) is 9.97 Å². The van der Waals surface area contributed by atoms with Crippen molar-refractivity contribution < 1.29 is 9.84 Å². The van der Waals surface area contributed by atoms with Crippen LogP contribution in [0.15, 0.2) is 36.7 Å². The molecule has 0 spiro atoms. The third kappa shape index (κ3) is 2.79. The Morgan fingerprint density at radius 2 is 2.06 bits per heavy atom. The monoisotopic (exact) mass is 230 g/mol. The molecule has 0 saturated carbocycles. The molecule has 0 aliphatic heterocycles. The molecule has 0 saturated heterocycles. The number of aryl methyl sites for hydroxylation is 1. The predicted molar refractivity (Wildman–Crippen MR) is 63.9 cm³/mol. The molecule has 0 radical (unpaired) electrons. The lowest BCUT2D eigenvalue weighted by Gasteiger charge is -2.09. The van der Waals surface area contributed by atoms with Crippen molar-refractivity contribution in [3.05, 3.63) is 47.9 Å². The number of nitrogens with zero attached hydrogens (tertiary/aromatic N) is 2. The van der Waals surface area contributed by atoms with Gasteiger partial charge < -0.3 is 9.84 Å². The normalized spacial score (nSPS) is 12.2. The molecule has 17 heavy (non-hydrogen) atoms. The molecule has 0 aromatic carbocycles. The highest BCUT2D eigenvalue weighted by molar-refractivity contribution is 5.31. The average Bonchev–Trinajstić information content (AvgIpc) is 2.32. The number of aromatic nitrogens is 2. The van der Waals surface area contributed by atoms with E-state index in [9.17, 15) is 5.11 Å². The van der Waals surface area contributed by atoms with E-state index in [4.69, 9.17) is 4.74 Å². The summed E-state index contributed by atoms with van der Waals surface area (Å²) in [6, 6.07) is 7.12. The second-order valence-electron chi connectivity index (χ2n) is 3.79. The van der Waals surface area contributed by atoms with E-state index in [1.54, 1.807) is 37.5 Å². The van der Waals surface area contributed by atoms with Crippen LogP contribution in [0.4, 0.5) is 0 Å². The largest absolute Gasteiger partial charge is 0.437 e. The van der Waals surface area contributed by atoms with Crippen LogP contribution >= 0.6 is 0 Å². The Morgan fingerprint density at radius 3 is 2.76 bits per heavy atom. The van der Waals surface area contributed by atoms with Gasteiger partial charge in [0.25, 0.3) is 0 Å². The molecule has 2 aromatic heterocycles. The van der Waals surface area contributed by atoms with Crippen LogP contribution in [0.1, 0.15) is 24.3 Å². The van der Waals surface area contributed by atoms with Gasteiger partial charge in [0.15, 0.2) is 5.75 Å². The second-order valence-corrected chi connectivity index (χ2v) is 3.79. The van der Waals surface area contributed by atoms with E-state index >= 15 is 0 Å². The molecule has 88 valence electrons. The lowest BCUT2D eigenvalue weighted by atomic mass is 10.2. The minimum atomic E-state index is -0.532. The van der Waals surface area contributed by atoms with E-state index in [0.29, 0.717) is 11.6 Å². The standard InChI is InChI=1S/C13H14N2O2/c1-9-12(4-3-6-14-9)17-13-8-11(10(2)16)5-7-15-13/h3-8,10,16H,1-2H3/t10-/m1/s1. The summed E-state index contributed by atoms with van der Waals surface area (Å²) >= 11 is 0. The van der Waals surface area contributed by atoms with Crippen molar-refractivity contribution in [3.63, 3.8) is 0 Å². The first-order valence-corrected chi connectivity index (χ1v) is 5.40. The van der Waals surface area contributed by atoms with Gasteiger partial charge in [-0.15, -0.1) is 0 Å². The molecule has 1 atom stereocenters. The first-order valence-electron chi connectivity index (χ1n) is 5.40. The highest BCUT2D eigenvalue weighted by Gasteiger charge is 2.06. The van der Waals surface area contributed by atoms with E-state index < -0.39 is 6.10 Å². The van der Waals surface area contributed by atoms with E-state index in [2.05, 4.69) is 9.97 Å². The number of pyridine rings is 2. The Kier molecular flexibility index (Phi) is 3.35. The number of rotatable bonds is 3. The van der Waals surface area contributed by atoms with Crippen LogP contribution < -0.4 is 4.74 Å². The molecule has 0 aliphatic carbocycles. The molecule has 0 amide bonds. The Balaban J connectivity index is 2.25. The highest BCUT2D eigenvalue weighted by Crippen LogP contribution is 2.23. The van der Waals surface area contributed by atoms with E-state index in [0.717, 1.165) is 11.3 Å². The smallest absolute Gasteiger partial charge is 0.219 e. The summed E-state index contributed by atoms with van der Waals surface area (Å²) in [5, 5.41) is 9.47. The summed E-state index contributed by atoms with van der Waals surface area (Å²) in [6.45, 7) is 3.57. The lowest BCUT2D eigenvalue weighted by molar-refractivity contribution is 0.198. The molecule has 1 N–H and O–H groups in total. The fraction of sp³-hybridized carbons (Fsp3) is 0.231. The molecule has 2 heterocycles. The summed E-state index contributed by atoms with van der Waals surface area (Å²) in [6.07, 6.45) is 2.79. The number of ether oxygens (including phenoxy) is 1. The van der Waals surface area contributed by atoms with Gasteiger partial charge in [-0.05, 0) is 37.6 Å². The van der Waals surface area contributed by atoms with Gasteiger partial charge >= 0.3 is 0 Å². The van der Waals surface area contributed by atoms with Crippen molar-refractivity contribution in [1.29, 1.82) is 0 Å². The molecule has 0 bridgehead atoms. The SMILES string of the molecule is Cc1ncccc1Oc1cc([C@@H](C)O)ccn1. The maximum absolute atomic E-state index is 9.47. The molecule has 2 rings (SSSR count). The summed E-state index contributed by atoms with van der Waals surface area (Å²) in [5.41, 5.74) is 1.58. The zero-order chi connectivity index (χ0) is 12.3. The zero-order valence-electron chi connectivity index (χ0n) is 9.79. The van der Waals surface area contributed by atoms with Crippen LogP contribution in [-0.4, -0.2) is 15.1 Å². The number of aliphatic hydroxyl groups excluding tert-OH is 1. The molecular formula is C13H14N2O2. The first kappa shape index (κ1) is 11.5. The van der Waals surface area contributed by atoms with Crippen molar-refractivity contribution in [3.8, 4) is 11.6 Å². The highest BCUT2D eigenvalue weighted by atomic mass is 16.5. The second kappa shape index (κ2) is 4.93. The lowest BCUT2D eigenvalue weighted by Crippen LogP contribution is -1.95. The molecule has 2 aromatic rings. The van der Waals surface area contributed by atoms with Crippen molar-refractivity contribution in [2.24, 2.45) is 0 Å². The van der Waals surface area contributed by atoms with Crippen LogP contribution in [0, 0.1) is 6.92 Å². The van der Waals surface area contributed by atoms with E-state index in [1.807, 2.05) is 13.0 Å². The third-order valence-corrected chi connectivity index (χ3v) is 2.41. The third-order valence-electron chi connectivity index (χ3n) is 2.41. The van der Waals surface area contributed by atoms with Gasteiger partial charge in [0.1, 0.15) is 0 Å². The van der Waals surface area contributed by atoms with Crippen LogP contribution in [0.3, 0.4) is 0 Å². The average molecular weight is 230 g/mol. The van der Waals surface area contributed by atoms with Gasteiger partial charge in [0, 0.05) is 18.5 Å². The van der Waals surface area contributed by atoms with Gasteiger partial charge in [-0.2, -0.15) is 0 Å². The first-order chi connectivity index (χ1) is 8.16. The minimum Gasteiger partial charge on any atom is -0.437 e. The van der Waals surface area contributed by atoms with Crippen molar-refractivity contribution in [2.45, 2.75) is 20.0 Å². The maximum atomic E-state index is 9.47. The molecular weight excluding hydrogens is 216 g/mol. The molecule has 0 aliphatic rings. The topological polar surface area (TPSA) is 55.2 Å². The summed E-state index contributed by atoms with van der Waals surface area (Å²) < 4.78 is 5.62.